The zero-order valence-corrected chi connectivity index (χ0v) is 12.7. The molecule has 1 heterocycles. The Morgan fingerprint density at radius 2 is 2.00 bits per heavy atom. The molecule has 2 N–H and O–H groups in total. The molecule has 5 nitrogen and oxygen atoms in total. The van der Waals surface area contributed by atoms with E-state index in [-0.39, 0.29) is 29.8 Å². The fraction of sp³-hybridized carbons (Fsp3) is 0.875. The number of carboxylic acid groups (broad SMARTS) is 1. The van der Waals surface area contributed by atoms with Crippen LogP contribution >= 0.6 is 0 Å². The van der Waals surface area contributed by atoms with Crippen LogP contribution < -0.4 is 0 Å². The molecule has 21 heavy (non-hydrogen) atoms. The van der Waals surface area contributed by atoms with Gasteiger partial charge in [0, 0.05) is 5.92 Å². The molecule has 3 fully saturated rings. The van der Waals surface area contributed by atoms with E-state index in [0.29, 0.717) is 25.7 Å². The third-order valence-electron chi connectivity index (χ3n) is 6.71. The van der Waals surface area contributed by atoms with Crippen molar-refractivity contribution in [2.24, 2.45) is 22.7 Å². The molecule has 5 heteroatoms. The van der Waals surface area contributed by atoms with Crippen molar-refractivity contribution in [3.8, 4) is 0 Å². The number of aliphatic hydroxyl groups excluding tert-OH is 1. The maximum Gasteiger partial charge on any atom is 0.309 e. The lowest BCUT2D eigenvalue weighted by molar-refractivity contribution is -0.192. The molecular formula is C16H24O5. The van der Waals surface area contributed by atoms with Gasteiger partial charge in [0.1, 0.15) is 5.60 Å². The number of carbonyl (C=O) groups is 2. The first-order valence-corrected chi connectivity index (χ1v) is 7.85. The Labute approximate surface area is 124 Å². The molecule has 0 aromatic rings. The number of aliphatic carboxylic acids is 1. The molecule has 0 radical (unpaired) electrons. The second-order valence-corrected chi connectivity index (χ2v) is 7.63. The Bertz CT molecular complexity index is 485. The highest BCUT2D eigenvalue weighted by atomic mass is 16.6. The average Bonchev–Trinajstić information content (AvgIpc) is 2.77. The van der Waals surface area contributed by atoms with Gasteiger partial charge in [0.05, 0.1) is 18.4 Å². The van der Waals surface area contributed by atoms with Crippen molar-refractivity contribution in [2.75, 3.05) is 6.61 Å². The van der Waals surface area contributed by atoms with Gasteiger partial charge in [-0.25, -0.2) is 0 Å². The highest BCUT2D eigenvalue weighted by Gasteiger charge is 2.66. The SMILES string of the molecule is C[C@]12CCC[C@](C)(C(=O)O)[C@@H]1CC[C@]1(CO)OC(=O)C[C@@H]12. The van der Waals surface area contributed by atoms with E-state index in [9.17, 15) is 19.8 Å². The lowest BCUT2D eigenvalue weighted by atomic mass is 9.45. The van der Waals surface area contributed by atoms with Crippen molar-refractivity contribution < 1.29 is 24.5 Å². The van der Waals surface area contributed by atoms with Crippen molar-refractivity contribution in [3.63, 3.8) is 0 Å². The number of carbonyl (C=O) groups excluding carboxylic acids is 1. The number of hydrogen-bond acceptors (Lipinski definition) is 4. The van der Waals surface area contributed by atoms with Gasteiger partial charge in [0.15, 0.2) is 0 Å². The summed E-state index contributed by atoms with van der Waals surface area (Å²) in [5, 5.41) is 19.5. The lowest BCUT2D eigenvalue weighted by Gasteiger charge is -2.59. The fourth-order valence-corrected chi connectivity index (χ4v) is 5.60. The summed E-state index contributed by atoms with van der Waals surface area (Å²) in [6.07, 6.45) is 4.03. The molecule has 3 rings (SSSR count). The van der Waals surface area contributed by atoms with Crippen LogP contribution in [0.1, 0.15) is 52.4 Å². The minimum absolute atomic E-state index is 0.0374. The minimum atomic E-state index is -0.779. The van der Waals surface area contributed by atoms with Crippen LogP contribution in [-0.4, -0.2) is 34.4 Å². The number of carboxylic acids is 1. The van der Waals surface area contributed by atoms with Crippen molar-refractivity contribution in [1.29, 1.82) is 0 Å². The summed E-state index contributed by atoms with van der Waals surface area (Å²) >= 11 is 0. The normalized spacial score (nSPS) is 49.2. The van der Waals surface area contributed by atoms with Crippen LogP contribution in [0, 0.1) is 22.7 Å². The molecule has 1 aliphatic heterocycles. The summed E-state index contributed by atoms with van der Waals surface area (Å²) in [6.45, 7) is 3.80. The van der Waals surface area contributed by atoms with Crippen LogP contribution in [0.15, 0.2) is 0 Å². The van der Waals surface area contributed by atoms with E-state index in [1.165, 1.54) is 0 Å². The van der Waals surface area contributed by atoms with Gasteiger partial charge in [-0.05, 0) is 43.9 Å². The molecule has 0 aromatic heterocycles. The van der Waals surface area contributed by atoms with E-state index in [0.717, 1.165) is 12.8 Å². The van der Waals surface area contributed by atoms with Crippen LogP contribution in [-0.2, 0) is 14.3 Å². The maximum absolute atomic E-state index is 11.8. The zero-order valence-electron chi connectivity index (χ0n) is 12.7. The van der Waals surface area contributed by atoms with E-state index >= 15 is 0 Å². The predicted molar refractivity (Wildman–Crippen MR) is 74.4 cm³/mol. The van der Waals surface area contributed by atoms with E-state index in [4.69, 9.17) is 4.74 Å². The molecule has 0 unspecified atom stereocenters. The van der Waals surface area contributed by atoms with Crippen LogP contribution in [0.2, 0.25) is 0 Å². The van der Waals surface area contributed by atoms with E-state index in [1.54, 1.807) is 0 Å². The Balaban J connectivity index is 2.03. The predicted octanol–water partition coefficient (Wildman–Crippen LogP) is 1.97. The van der Waals surface area contributed by atoms with Crippen molar-refractivity contribution in [1.82, 2.24) is 0 Å². The summed E-state index contributed by atoms with van der Waals surface area (Å²) < 4.78 is 5.51. The zero-order chi connectivity index (χ0) is 15.5. The summed E-state index contributed by atoms with van der Waals surface area (Å²) in [6, 6.07) is 0. The van der Waals surface area contributed by atoms with Crippen molar-refractivity contribution in [2.45, 2.75) is 58.0 Å². The quantitative estimate of drug-likeness (QED) is 0.761. The highest BCUT2D eigenvalue weighted by Crippen LogP contribution is 2.65. The topological polar surface area (TPSA) is 83.8 Å². The average molecular weight is 296 g/mol. The number of hydrogen-bond donors (Lipinski definition) is 2. The molecule has 3 aliphatic rings. The first kappa shape index (κ1) is 14.8. The summed E-state index contributed by atoms with van der Waals surface area (Å²) in [4.78, 5) is 23.7. The monoisotopic (exact) mass is 296 g/mol. The number of esters is 1. The van der Waals surface area contributed by atoms with Crippen LogP contribution in [0.4, 0.5) is 0 Å². The first-order chi connectivity index (χ1) is 9.78. The molecule has 2 aliphatic carbocycles. The van der Waals surface area contributed by atoms with Gasteiger partial charge < -0.3 is 14.9 Å². The molecule has 2 saturated carbocycles. The van der Waals surface area contributed by atoms with Gasteiger partial charge in [-0.1, -0.05) is 13.3 Å². The van der Waals surface area contributed by atoms with Crippen molar-refractivity contribution in [3.05, 3.63) is 0 Å². The number of ether oxygens (including phenoxy) is 1. The van der Waals surface area contributed by atoms with Gasteiger partial charge in [0.25, 0.3) is 0 Å². The largest absolute Gasteiger partial charge is 0.481 e. The second-order valence-electron chi connectivity index (χ2n) is 7.63. The van der Waals surface area contributed by atoms with Crippen molar-refractivity contribution >= 4 is 11.9 Å². The third-order valence-corrected chi connectivity index (χ3v) is 6.71. The molecule has 1 saturated heterocycles. The van der Waals surface area contributed by atoms with Crippen LogP contribution in [0.3, 0.4) is 0 Å². The van der Waals surface area contributed by atoms with Crippen LogP contribution in [0.5, 0.6) is 0 Å². The summed E-state index contributed by atoms with van der Waals surface area (Å²) in [5.41, 5.74) is -1.77. The Morgan fingerprint density at radius 3 is 2.62 bits per heavy atom. The van der Waals surface area contributed by atoms with E-state index < -0.39 is 17.0 Å². The Hall–Kier alpha value is -1.10. The molecule has 0 spiro atoms. The second kappa shape index (κ2) is 4.45. The van der Waals surface area contributed by atoms with E-state index in [1.807, 2.05) is 6.92 Å². The Morgan fingerprint density at radius 1 is 1.29 bits per heavy atom. The van der Waals surface area contributed by atoms with Gasteiger partial charge >= 0.3 is 11.9 Å². The number of fused-ring (bicyclic) bond motifs is 3. The fourth-order valence-electron chi connectivity index (χ4n) is 5.60. The summed E-state index contributed by atoms with van der Waals surface area (Å²) in [7, 11) is 0. The number of rotatable bonds is 2. The summed E-state index contributed by atoms with van der Waals surface area (Å²) in [5.74, 6) is -1.02. The Kier molecular flexibility index (Phi) is 3.14. The third kappa shape index (κ3) is 1.79. The molecule has 118 valence electrons. The van der Waals surface area contributed by atoms with Gasteiger partial charge in [-0.3, -0.25) is 9.59 Å². The van der Waals surface area contributed by atoms with Crippen LogP contribution in [0.25, 0.3) is 0 Å². The lowest BCUT2D eigenvalue weighted by Crippen LogP contribution is -2.60. The number of aliphatic hydroxyl groups is 1. The molecule has 0 aromatic carbocycles. The minimum Gasteiger partial charge on any atom is -0.481 e. The smallest absolute Gasteiger partial charge is 0.309 e. The van der Waals surface area contributed by atoms with Gasteiger partial charge in [0.2, 0.25) is 0 Å². The van der Waals surface area contributed by atoms with Gasteiger partial charge in [-0.15, -0.1) is 0 Å². The first-order valence-electron chi connectivity index (χ1n) is 7.85. The molecular weight excluding hydrogens is 272 g/mol. The molecule has 0 bridgehead atoms. The standard InChI is InChI=1S/C16H24O5/c1-14-5-3-6-15(2,13(19)20)10(14)4-7-16(9-17)11(14)8-12(18)21-16/h10-11,17H,3-9H2,1-2H3,(H,19,20)/t10-,11-,14+,15+,16-/m1/s1. The van der Waals surface area contributed by atoms with E-state index in [2.05, 4.69) is 6.92 Å². The van der Waals surface area contributed by atoms with Gasteiger partial charge in [-0.2, -0.15) is 0 Å². The molecule has 5 atom stereocenters. The maximum atomic E-state index is 11.8. The molecule has 0 amide bonds. The highest BCUT2D eigenvalue weighted by molar-refractivity contribution is 5.76.